The Bertz CT molecular complexity index is 301. The molecule has 6 nitrogen and oxygen atoms in total. The minimum absolute atomic E-state index is 0.103. The maximum absolute atomic E-state index is 11.0. The number of rotatable bonds is 1. The molecule has 0 aliphatic heterocycles. The van der Waals surface area contributed by atoms with Crippen LogP contribution in [0.15, 0.2) is 12.3 Å². The van der Waals surface area contributed by atoms with E-state index < -0.39 is 12.0 Å². The molecule has 0 fully saturated rings. The maximum Gasteiger partial charge on any atom is 0.358 e. The third-order valence-electron chi connectivity index (χ3n) is 1.41. The largest absolute Gasteiger partial charge is 0.464 e. The fraction of sp³-hybridized carbons (Fsp3) is 0.286. The fourth-order valence-corrected chi connectivity index (χ4v) is 0.765. The fourth-order valence-electron chi connectivity index (χ4n) is 0.765. The Balaban J connectivity index is 2.86. The second kappa shape index (κ2) is 3.70. The van der Waals surface area contributed by atoms with Gasteiger partial charge >= 0.3 is 12.0 Å². The first-order valence-electron chi connectivity index (χ1n) is 3.55. The van der Waals surface area contributed by atoms with Crippen LogP contribution >= 0.6 is 0 Å². The van der Waals surface area contributed by atoms with E-state index in [4.69, 9.17) is 0 Å². The van der Waals surface area contributed by atoms with E-state index in [0.29, 0.717) is 0 Å². The van der Waals surface area contributed by atoms with Crippen molar-refractivity contribution in [2.75, 3.05) is 14.2 Å². The van der Waals surface area contributed by atoms with Crippen LogP contribution in [-0.2, 0) is 4.74 Å². The lowest BCUT2D eigenvalue weighted by atomic mass is 10.4. The Morgan fingerprint density at radius 2 is 2.31 bits per heavy atom. The molecular weight excluding hydrogens is 174 g/mol. The summed E-state index contributed by atoms with van der Waals surface area (Å²) < 4.78 is 5.44. The number of aromatic nitrogens is 2. The molecule has 1 heterocycles. The van der Waals surface area contributed by atoms with Gasteiger partial charge in [-0.05, 0) is 6.07 Å². The van der Waals surface area contributed by atoms with Crippen LogP contribution in [0.3, 0.4) is 0 Å². The first kappa shape index (κ1) is 9.24. The number of nitrogens with zero attached hydrogens (tertiary/aromatic N) is 2. The summed E-state index contributed by atoms with van der Waals surface area (Å²) in [6.07, 6.45) is 1.38. The third kappa shape index (κ3) is 1.84. The van der Waals surface area contributed by atoms with Gasteiger partial charge in [-0.3, -0.25) is 0 Å². The predicted molar refractivity (Wildman–Crippen MR) is 43.4 cm³/mol. The SMILES string of the molecule is CNC(=O)n1ccc(C(=O)OC)n1. The molecular formula is C7H9N3O3. The molecule has 1 aromatic rings. The second-order valence-corrected chi connectivity index (χ2v) is 2.19. The average molecular weight is 183 g/mol. The summed E-state index contributed by atoms with van der Waals surface area (Å²) in [6, 6.07) is 0.997. The lowest BCUT2D eigenvalue weighted by Crippen LogP contribution is -2.25. The van der Waals surface area contributed by atoms with E-state index in [0.717, 1.165) is 4.68 Å². The number of hydrogen-bond donors (Lipinski definition) is 1. The highest BCUT2D eigenvalue weighted by molar-refractivity contribution is 5.87. The molecule has 70 valence electrons. The molecule has 1 rings (SSSR count). The lowest BCUT2D eigenvalue weighted by Gasteiger charge is -1.96. The van der Waals surface area contributed by atoms with Crippen LogP contribution < -0.4 is 5.32 Å². The molecule has 0 atom stereocenters. The van der Waals surface area contributed by atoms with E-state index in [2.05, 4.69) is 15.2 Å². The number of ether oxygens (including phenoxy) is 1. The minimum atomic E-state index is -0.567. The van der Waals surface area contributed by atoms with Gasteiger partial charge in [-0.15, -0.1) is 0 Å². The van der Waals surface area contributed by atoms with Crippen molar-refractivity contribution in [1.29, 1.82) is 0 Å². The summed E-state index contributed by atoms with van der Waals surface area (Å²) in [5.74, 6) is -0.567. The number of hydrogen-bond acceptors (Lipinski definition) is 4. The van der Waals surface area contributed by atoms with E-state index >= 15 is 0 Å². The van der Waals surface area contributed by atoms with Crippen LogP contribution in [0.25, 0.3) is 0 Å². The highest BCUT2D eigenvalue weighted by Crippen LogP contribution is 1.96. The number of carbonyl (C=O) groups is 2. The van der Waals surface area contributed by atoms with Gasteiger partial charge in [0, 0.05) is 13.2 Å². The molecule has 0 saturated heterocycles. The van der Waals surface area contributed by atoms with Crippen molar-refractivity contribution >= 4 is 12.0 Å². The third-order valence-corrected chi connectivity index (χ3v) is 1.41. The topological polar surface area (TPSA) is 73.2 Å². The van der Waals surface area contributed by atoms with Crippen molar-refractivity contribution in [3.8, 4) is 0 Å². The van der Waals surface area contributed by atoms with Gasteiger partial charge in [0.25, 0.3) is 0 Å². The van der Waals surface area contributed by atoms with Crippen molar-refractivity contribution in [1.82, 2.24) is 15.1 Å². The Kier molecular flexibility index (Phi) is 2.63. The molecule has 1 amide bonds. The first-order chi connectivity index (χ1) is 6.19. The van der Waals surface area contributed by atoms with Crippen LogP contribution in [0.5, 0.6) is 0 Å². The van der Waals surface area contributed by atoms with Gasteiger partial charge in [0.05, 0.1) is 7.11 Å². The zero-order valence-corrected chi connectivity index (χ0v) is 7.27. The van der Waals surface area contributed by atoms with Gasteiger partial charge in [-0.1, -0.05) is 0 Å². The van der Waals surface area contributed by atoms with Crippen molar-refractivity contribution in [3.63, 3.8) is 0 Å². The molecule has 13 heavy (non-hydrogen) atoms. The van der Waals surface area contributed by atoms with E-state index in [9.17, 15) is 9.59 Å². The van der Waals surface area contributed by atoms with E-state index in [1.807, 2.05) is 0 Å². The molecule has 0 radical (unpaired) electrons. The first-order valence-corrected chi connectivity index (χ1v) is 3.55. The van der Waals surface area contributed by atoms with Crippen molar-refractivity contribution in [2.45, 2.75) is 0 Å². The molecule has 0 aliphatic carbocycles. The Morgan fingerprint density at radius 1 is 1.62 bits per heavy atom. The Morgan fingerprint density at radius 3 is 2.85 bits per heavy atom. The molecule has 0 aliphatic rings. The Hall–Kier alpha value is -1.85. The van der Waals surface area contributed by atoms with Crippen molar-refractivity contribution in [2.24, 2.45) is 0 Å². The molecule has 0 spiro atoms. The van der Waals surface area contributed by atoms with Gasteiger partial charge < -0.3 is 10.1 Å². The summed E-state index contributed by atoms with van der Waals surface area (Å²) >= 11 is 0. The van der Waals surface area contributed by atoms with E-state index in [1.165, 1.54) is 26.4 Å². The quantitative estimate of drug-likeness (QED) is 0.615. The van der Waals surface area contributed by atoms with Gasteiger partial charge in [-0.2, -0.15) is 9.78 Å². The van der Waals surface area contributed by atoms with Crippen LogP contribution in [0, 0.1) is 0 Å². The standard InChI is InChI=1S/C7H9N3O3/c1-8-7(12)10-4-3-5(9-10)6(11)13-2/h3-4H,1-2H3,(H,8,12). The van der Waals surface area contributed by atoms with Gasteiger partial charge in [0.1, 0.15) is 0 Å². The van der Waals surface area contributed by atoms with Crippen LogP contribution in [0.2, 0.25) is 0 Å². The predicted octanol–water partition coefficient (Wildman–Crippen LogP) is -0.143. The number of amides is 1. The lowest BCUT2D eigenvalue weighted by molar-refractivity contribution is 0.0593. The van der Waals surface area contributed by atoms with Gasteiger partial charge in [0.15, 0.2) is 5.69 Å². The highest BCUT2D eigenvalue weighted by atomic mass is 16.5. The van der Waals surface area contributed by atoms with Crippen LogP contribution in [-0.4, -0.2) is 35.9 Å². The molecule has 6 heteroatoms. The number of esters is 1. The molecule has 0 unspecified atom stereocenters. The number of nitrogens with one attached hydrogen (secondary N) is 1. The normalized spacial score (nSPS) is 9.38. The smallest absolute Gasteiger partial charge is 0.358 e. The average Bonchev–Trinajstić information content (AvgIpc) is 2.64. The summed E-state index contributed by atoms with van der Waals surface area (Å²) in [5, 5.41) is 6.04. The van der Waals surface area contributed by atoms with Gasteiger partial charge in [0.2, 0.25) is 0 Å². The van der Waals surface area contributed by atoms with Crippen LogP contribution in [0.4, 0.5) is 4.79 Å². The molecule has 0 saturated carbocycles. The van der Waals surface area contributed by atoms with Crippen molar-refractivity contribution < 1.29 is 14.3 Å². The molecule has 1 N–H and O–H groups in total. The summed E-state index contributed by atoms with van der Waals surface area (Å²) in [7, 11) is 2.73. The van der Waals surface area contributed by atoms with E-state index in [-0.39, 0.29) is 5.69 Å². The minimum Gasteiger partial charge on any atom is -0.464 e. The molecule has 0 bridgehead atoms. The maximum atomic E-state index is 11.0. The zero-order valence-electron chi connectivity index (χ0n) is 7.27. The molecule has 0 aromatic carbocycles. The van der Waals surface area contributed by atoms with Crippen molar-refractivity contribution in [3.05, 3.63) is 18.0 Å². The zero-order chi connectivity index (χ0) is 9.84. The summed E-state index contributed by atoms with van der Waals surface area (Å²) in [4.78, 5) is 21.9. The number of carbonyl (C=O) groups excluding carboxylic acids is 2. The van der Waals surface area contributed by atoms with Crippen LogP contribution in [0.1, 0.15) is 10.5 Å². The van der Waals surface area contributed by atoms with E-state index in [1.54, 1.807) is 0 Å². The number of methoxy groups -OCH3 is 1. The highest BCUT2D eigenvalue weighted by Gasteiger charge is 2.11. The monoisotopic (exact) mass is 183 g/mol. The Labute approximate surface area is 74.5 Å². The molecule has 1 aromatic heterocycles. The second-order valence-electron chi connectivity index (χ2n) is 2.19. The summed E-state index contributed by atoms with van der Waals surface area (Å²) in [6.45, 7) is 0. The van der Waals surface area contributed by atoms with Gasteiger partial charge in [-0.25, -0.2) is 9.59 Å². The summed E-state index contributed by atoms with van der Waals surface area (Å²) in [5.41, 5.74) is 0.103.